The van der Waals surface area contributed by atoms with Crippen LogP contribution in [-0.4, -0.2) is 8.42 Å². The van der Waals surface area contributed by atoms with Gasteiger partial charge in [-0.05, 0) is 37.6 Å². The average molecular weight is 308 g/mol. The average Bonchev–Trinajstić information content (AvgIpc) is 2.38. The van der Waals surface area contributed by atoms with E-state index in [4.69, 9.17) is 5.73 Å². The number of sulfonamides is 1. The molecule has 0 aromatic heterocycles. The second kappa shape index (κ2) is 5.83. The van der Waals surface area contributed by atoms with Gasteiger partial charge in [0, 0.05) is 6.04 Å². The summed E-state index contributed by atoms with van der Waals surface area (Å²) in [5, 5.41) is 0. The molecule has 0 bridgehead atoms. The molecule has 1 atom stereocenters. The van der Waals surface area contributed by atoms with Gasteiger partial charge in [-0.2, -0.15) is 0 Å². The van der Waals surface area contributed by atoms with Crippen molar-refractivity contribution in [3.8, 4) is 0 Å². The number of benzene rings is 2. The minimum absolute atomic E-state index is 0.112. The Labute approximate surface area is 123 Å². The molecule has 0 aliphatic heterocycles. The standard InChI is InChI=1S/C15H17FN2O2S/c1-10-3-5-12(6-4-10)11(2)18-21(19,20)15-8-7-13(16)9-14(15)17/h3-9,11,18H,17H2,1-2H3. The zero-order chi connectivity index (χ0) is 15.6. The third-order valence-electron chi connectivity index (χ3n) is 3.17. The van der Waals surface area contributed by atoms with Gasteiger partial charge in [0.1, 0.15) is 10.7 Å². The van der Waals surface area contributed by atoms with Crippen LogP contribution in [0.25, 0.3) is 0 Å². The highest BCUT2D eigenvalue weighted by Crippen LogP contribution is 2.22. The third-order valence-corrected chi connectivity index (χ3v) is 4.79. The van der Waals surface area contributed by atoms with Crippen molar-refractivity contribution >= 4 is 15.7 Å². The number of hydrogen-bond donors (Lipinski definition) is 2. The van der Waals surface area contributed by atoms with Gasteiger partial charge in [-0.15, -0.1) is 0 Å². The Morgan fingerprint density at radius 3 is 2.33 bits per heavy atom. The molecule has 4 nitrogen and oxygen atoms in total. The Balaban J connectivity index is 2.26. The third kappa shape index (κ3) is 3.59. The van der Waals surface area contributed by atoms with Gasteiger partial charge in [-0.25, -0.2) is 17.5 Å². The van der Waals surface area contributed by atoms with Crippen LogP contribution in [0.4, 0.5) is 10.1 Å². The van der Waals surface area contributed by atoms with Crippen molar-refractivity contribution in [1.29, 1.82) is 0 Å². The first-order chi connectivity index (χ1) is 9.79. The highest BCUT2D eigenvalue weighted by molar-refractivity contribution is 7.89. The fraction of sp³-hybridized carbons (Fsp3) is 0.200. The molecular weight excluding hydrogens is 291 g/mol. The lowest BCUT2D eigenvalue weighted by atomic mass is 10.1. The van der Waals surface area contributed by atoms with E-state index in [1.54, 1.807) is 6.92 Å². The van der Waals surface area contributed by atoms with E-state index in [2.05, 4.69) is 4.72 Å². The van der Waals surface area contributed by atoms with Crippen LogP contribution in [0.15, 0.2) is 47.4 Å². The predicted octanol–water partition coefficient (Wildman–Crippen LogP) is 2.76. The Bertz CT molecular complexity index is 743. The van der Waals surface area contributed by atoms with Crippen LogP contribution in [0.1, 0.15) is 24.1 Å². The number of halogens is 1. The van der Waals surface area contributed by atoms with Crippen molar-refractivity contribution in [2.45, 2.75) is 24.8 Å². The maximum Gasteiger partial charge on any atom is 0.243 e. The minimum atomic E-state index is -3.81. The lowest BCUT2D eigenvalue weighted by Crippen LogP contribution is -2.27. The summed E-state index contributed by atoms with van der Waals surface area (Å²) in [6.45, 7) is 3.69. The van der Waals surface area contributed by atoms with Gasteiger partial charge in [-0.3, -0.25) is 0 Å². The summed E-state index contributed by atoms with van der Waals surface area (Å²) in [4.78, 5) is -0.122. The van der Waals surface area contributed by atoms with E-state index in [9.17, 15) is 12.8 Å². The number of hydrogen-bond acceptors (Lipinski definition) is 3. The number of rotatable bonds is 4. The zero-order valence-electron chi connectivity index (χ0n) is 11.8. The SMILES string of the molecule is Cc1ccc(C(C)NS(=O)(=O)c2ccc(F)cc2N)cc1. The number of anilines is 1. The van der Waals surface area contributed by atoms with Crippen molar-refractivity contribution in [3.63, 3.8) is 0 Å². The van der Waals surface area contributed by atoms with E-state index < -0.39 is 21.9 Å². The fourth-order valence-electron chi connectivity index (χ4n) is 1.98. The molecular formula is C15H17FN2O2S. The van der Waals surface area contributed by atoms with Gasteiger partial charge in [0.25, 0.3) is 0 Å². The van der Waals surface area contributed by atoms with Gasteiger partial charge in [0.05, 0.1) is 5.69 Å². The molecule has 0 fully saturated rings. The van der Waals surface area contributed by atoms with E-state index in [0.29, 0.717) is 0 Å². The van der Waals surface area contributed by atoms with Crippen LogP contribution in [0.2, 0.25) is 0 Å². The Kier molecular flexibility index (Phi) is 4.29. The van der Waals surface area contributed by atoms with Crippen molar-refractivity contribution in [3.05, 3.63) is 59.4 Å². The fourth-order valence-corrected chi connectivity index (χ4v) is 3.33. The number of nitrogens with two attached hydrogens (primary N) is 1. The van der Waals surface area contributed by atoms with Crippen LogP contribution in [0, 0.1) is 12.7 Å². The summed E-state index contributed by atoms with van der Waals surface area (Å²) < 4.78 is 40.1. The summed E-state index contributed by atoms with van der Waals surface area (Å²) in [7, 11) is -3.81. The normalized spacial score (nSPS) is 13.1. The van der Waals surface area contributed by atoms with Gasteiger partial charge >= 0.3 is 0 Å². The minimum Gasteiger partial charge on any atom is -0.398 e. The highest BCUT2D eigenvalue weighted by atomic mass is 32.2. The second-order valence-corrected chi connectivity index (χ2v) is 6.62. The topological polar surface area (TPSA) is 72.2 Å². The maximum absolute atomic E-state index is 13.0. The molecule has 3 N–H and O–H groups in total. The zero-order valence-corrected chi connectivity index (χ0v) is 12.6. The molecule has 0 aliphatic rings. The quantitative estimate of drug-likeness (QED) is 0.853. The first-order valence-corrected chi connectivity index (χ1v) is 7.92. The van der Waals surface area contributed by atoms with Crippen LogP contribution >= 0.6 is 0 Å². The Morgan fingerprint density at radius 1 is 1.14 bits per heavy atom. The summed E-state index contributed by atoms with van der Waals surface area (Å²) in [6.07, 6.45) is 0. The van der Waals surface area contributed by atoms with Crippen molar-refractivity contribution in [1.82, 2.24) is 4.72 Å². The molecule has 0 amide bonds. The molecule has 0 spiro atoms. The van der Waals surface area contributed by atoms with Gasteiger partial charge in [0.15, 0.2) is 0 Å². The molecule has 2 rings (SSSR count). The summed E-state index contributed by atoms with van der Waals surface area (Å²) in [5.41, 5.74) is 7.40. The van der Waals surface area contributed by atoms with Crippen LogP contribution in [-0.2, 0) is 10.0 Å². The van der Waals surface area contributed by atoms with Crippen molar-refractivity contribution < 1.29 is 12.8 Å². The van der Waals surface area contributed by atoms with Crippen LogP contribution < -0.4 is 10.5 Å². The molecule has 0 saturated heterocycles. The number of nitrogens with one attached hydrogen (secondary N) is 1. The maximum atomic E-state index is 13.0. The van der Waals surface area contributed by atoms with Gasteiger partial charge in [-0.1, -0.05) is 29.8 Å². The molecule has 2 aromatic carbocycles. The first-order valence-electron chi connectivity index (χ1n) is 6.43. The molecule has 6 heteroatoms. The molecule has 2 aromatic rings. The predicted molar refractivity (Wildman–Crippen MR) is 80.7 cm³/mol. The Hall–Kier alpha value is -1.92. The smallest absolute Gasteiger partial charge is 0.243 e. The molecule has 21 heavy (non-hydrogen) atoms. The summed E-state index contributed by atoms with van der Waals surface area (Å²) in [5.74, 6) is -0.571. The molecule has 0 heterocycles. The van der Waals surface area contributed by atoms with Crippen LogP contribution in [0.5, 0.6) is 0 Å². The van der Waals surface area contributed by atoms with E-state index in [1.807, 2.05) is 31.2 Å². The van der Waals surface area contributed by atoms with Crippen LogP contribution in [0.3, 0.4) is 0 Å². The van der Waals surface area contributed by atoms with Gasteiger partial charge in [0.2, 0.25) is 10.0 Å². The first kappa shape index (κ1) is 15.5. The Morgan fingerprint density at radius 2 is 1.76 bits per heavy atom. The molecule has 112 valence electrons. The van der Waals surface area contributed by atoms with Crippen molar-refractivity contribution in [2.24, 2.45) is 0 Å². The monoisotopic (exact) mass is 308 g/mol. The largest absolute Gasteiger partial charge is 0.398 e. The highest BCUT2D eigenvalue weighted by Gasteiger charge is 2.21. The number of aryl methyl sites for hydroxylation is 1. The van der Waals surface area contributed by atoms with E-state index in [-0.39, 0.29) is 10.6 Å². The molecule has 0 saturated carbocycles. The summed E-state index contributed by atoms with van der Waals surface area (Å²) in [6, 6.07) is 10.3. The molecule has 1 unspecified atom stereocenters. The van der Waals surface area contributed by atoms with E-state index in [0.717, 1.165) is 29.3 Å². The number of nitrogen functional groups attached to an aromatic ring is 1. The second-order valence-electron chi connectivity index (χ2n) is 4.94. The summed E-state index contributed by atoms with van der Waals surface area (Å²) >= 11 is 0. The van der Waals surface area contributed by atoms with E-state index >= 15 is 0 Å². The molecule has 0 aliphatic carbocycles. The van der Waals surface area contributed by atoms with Gasteiger partial charge < -0.3 is 5.73 Å². The lowest BCUT2D eigenvalue weighted by Gasteiger charge is -2.16. The van der Waals surface area contributed by atoms with E-state index in [1.165, 1.54) is 0 Å². The lowest BCUT2D eigenvalue weighted by molar-refractivity contribution is 0.567. The van der Waals surface area contributed by atoms with Crippen molar-refractivity contribution in [2.75, 3.05) is 5.73 Å². The molecule has 0 radical (unpaired) electrons.